The van der Waals surface area contributed by atoms with Crippen molar-refractivity contribution in [3.8, 4) is 17.2 Å². The molecule has 2 aromatic carbocycles. The summed E-state index contributed by atoms with van der Waals surface area (Å²) >= 11 is 3.43. The standard InChI is InChI=1S/C19H16BrNO4/c20-14-5-6-16-12(8-14)7-13(10-23-16)19(22)21-9-15-11-24-17-3-1-2-4-18(17)25-15/h1-8,15H,9-11H2,(H,21,22)/t15-/m0/s1. The smallest absolute Gasteiger partial charge is 0.250 e. The number of para-hydroxylation sites is 2. The molecule has 2 aliphatic rings. The van der Waals surface area contributed by atoms with Crippen LogP contribution in [0.4, 0.5) is 0 Å². The van der Waals surface area contributed by atoms with Crippen molar-refractivity contribution in [3.63, 3.8) is 0 Å². The molecule has 1 amide bonds. The number of hydrogen-bond acceptors (Lipinski definition) is 4. The van der Waals surface area contributed by atoms with Crippen molar-refractivity contribution in [2.75, 3.05) is 19.8 Å². The van der Waals surface area contributed by atoms with Gasteiger partial charge in [0.15, 0.2) is 11.5 Å². The topological polar surface area (TPSA) is 56.8 Å². The van der Waals surface area contributed by atoms with Gasteiger partial charge in [0.25, 0.3) is 5.91 Å². The Morgan fingerprint density at radius 3 is 2.84 bits per heavy atom. The van der Waals surface area contributed by atoms with Crippen molar-refractivity contribution in [1.29, 1.82) is 0 Å². The van der Waals surface area contributed by atoms with Crippen LogP contribution in [-0.4, -0.2) is 31.8 Å². The maximum Gasteiger partial charge on any atom is 0.250 e. The van der Waals surface area contributed by atoms with E-state index >= 15 is 0 Å². The number of ether oxygens (including phenoxy) is 3. The number of nitrogens with one attached hydrogen (secondary N) is 1. The highest BCUT2D eigenvalue weighted by molar-refractivity contribution is 9.10. The normalized spacial score (nSPS) is 17.8. The molecular formula is C19H16BrNO4. The van der Waals surface area contributed by atoms with Gasteiger partial charge in [-0.25, -0.2) is 0 Å². The van der Waals surface area contributed by atoms with Gasteiger partial charge in [0, 0.05) is 10.0 Å². The number of fused-ring (bicyclic) bond motifs is 2. The second-order valence-electron chi connectivity index (χ2n) is 5.85. The van der Waals surface area contributed by atoms with Crippen molar-refractivity contribution in [3.05, 3.63) is 58.1 Å². The molecule has 2 aromatic rings. The number of carbonyl (C=O) groups is 1. The molecule has 6 heteroatoms. The van der Waals surface area contributed by atoms with Gasteiger partial charge in [-0.1, -0.05) is 28.1 Å². The van der Waals surface area contributed by atoms with Crippen LogP contribution in [0.3, 0.4) is 0 Å². The monoisotopic (exact) mass is 401 g/mol. The number of rotatable bonds is 3. The third-order valence-electron chi connectivity index (χ3n) is 4.03. The van der Waals surface area contributed by atoms with E-state index in [1.807, 2.05) is 48.5 Å². The molecule has 0 fully saturated rings. The van der Waals surface area contributed by atoms with Gasteiger partial charge in [-0.05, 0) is 36.4 Å². The Morgan fingerprint density at radius 1 is 1.12 bits per heavy atom. The van der Waals surface area contributed by atoms with Crippen LogP contribution >= 0.6 is 15.9 Å². The van der Waals surface area contributed by atoms with Crippen LogP contribution in [-0.2, 0) is 4.79 Å². The minimum Gasteiger partial charge on any atom is -0.488 e. The van der Waals surface area contributed by atoms with Crippen LogP contribution in [0.15, 0.2) is 52.5 Å². The molecule has 5 nitrogen and oxygen atoms in total. The minimum absolute atomic E-state index is 0.159. The van der Waals surface area contributed by atoms with Crippen molar-refractivity contribution in [2.45, 2.75) is 6.10 Å². The van der Waals surface area contributed by atoms with Gasteiger partial charge in [0.2, 0.25) is 0 Å². The Hall–Kier alpha value is -2.47. The molecule has 0 radical (unpaired) electrons. The summed E-state index contributed by atoms with van der Waals surface area (Å²) in [7, 11) is 0. The lowest BCUT2D eigenvalue weighted by atomic mass is 10.1. The molecule has 0 bridgehead atoms. The van der Waals surface area contributed by atoms with Crippen LogP contribution in [0, 0.1) is 0 Å². The van der Waals surface area contributed by atoms with Crippen molar-refractivity contribution >= 4 is 27.9 Å². The van der Waals surface area contributed by atoms with E-state index in [1.54, 1.807) is 0 Å². The maximum atomic E-state index is 12.4. The largest absolute Gasteiger partial charge is 0.488 e. The highest BCUT2D eigenvalue weighted by Crippen LogP contribution is 2.31. The molecule has 128 valence electrons. The van der Waals surface area contributed by atoms with Crippen LogP contribution in [0.2, 0.25) is 0 Å². The molecular weight excluding hydrogens is 386 g/mol. The summed E-state index contributed by atoms with van der Waals surface area (Å²) in [6.45, 7) is 1.03. The van der Waals surface area contributed by atoms with Gasteiger partial charge < -0.3 is 19.5 Å². The van der Waals surface area contributed by atoms with E-state index in [9.17, 15) is 4.79 Å². The zero-order valence-electron chi connectivity index (χ0n) is 13.3. The van der Waals surface area contributed by atoms with Gasteiger partial charge in [-0.3, -0.25) is 4.79 Å². The summed E-state index contributed by atoms with van der Waals surface area (Å²) in [6.07, 6.45) is 1.64. The number of hydrogen-bond donors (Lipinski definition) is 1. The van der Waals surface area contributed by atoms with Crippen LogP contribution < -0.4 is 19.5 Å². The Labute approximate surface area is 153 Å². The van der Waals surface area contributed by atoms with E-state index in [0.29, 0.717) is 24.5 Å². The lowest BCUT2D eigenvalue weighted by molar-refractivity contribution is -0.118. The first kappa shape index (κ1) is 16.0. The fourth-order valence-corrected chi connectivity index (χ4v) is 3.14. The molecule has 2 aliphatic heterocycles. The zero-order valence-corrected chi connectivity index (χ0v) is 14.9. The summed E-state index contributed by atoms with van der Waals surface area (Å²) in [6, 6.07) is 13.2. The van der Waals surface area contributed by atoms with Crippen molar-refractivity contribution in [2.24, 2.45) is 0 Å². The average molecular weight is 402 g/mol. The van der Waals surface area contributed by atoms with Gasteiger partial charge >= 0.3 is 0 Å². The molecule has 2 heterocycles. The minimum atomic E-state index is -0.217. The van der Waals surface area contributed by atoms with Gasteiger partial charge in [0.05, 0.1) is 12.1 Å². The highest BCUT2D eigenvalue weighted by atomic mass is 79.9. The summed E-state index contributed by atoms with van der Waals surface area (Å²) in [5.74, 6) is 2.05. The molecule has 0 aliphatic carbocycles. The number of halogens is 1. The molecule has 25 heavy (non-hydrogen) atoms. The lowest BCUT2D eigenvalue weighted by Crippen LogP contribution is -2.41. The van der Waals surface area contributed by atoms with E-state index in [4.69, 9.17) is 14.2 Å². The van der Waals surface area contributed by atoms with Gasteiger partial charge in [-0.15, -0.1) is 0 Å². The van der Waals surface area contributed by atoms with E-state index in [-0.39, 0.29) is 18.6 Å². The van der Waals surface area contributed by atoms with Crippen LogP contribution in [0.25, 0.3) is 6.08 Å². The third-order valence-corrected chi connectivity index (χ3v) is 4.53. The lowest BCUT2D eigenvalue weighted by Gasteiger charge is -2.26. The molecule has 1 N–H and O–H groups in total. The quantitative estimate of drug-likeness (QED) is 0.857. The Kier molecular flexibility index (Phi) is 4.36. The predicted octanol–water partition coefficient (Wildman–Crippen LogP) is 3.18. The first-order chi connectivity index (χ1) is 12.2. The highest BCUT2D eigenvalue weighted by Gasteiger charge is 2.23. The van der Waals surface area contributed by atoms with Gasteiger partial charge in [0.1, 0.15) is 25.1 Å². The van der Waals surface area contributed by atoms with E-state index in [1.165, 1.54) is 0 Å². The SMILES string of the molecule is O=C(NC[C@H]1COc2ccccc2O1)C1=Cc2cc(Br)ccc2OC1. The maximum absolute atomic E-state index is 12.4. The van der Waals surface area contributed by atoms with Gasteiger partial charge in [-0.2, -0.15) is 0 Å². The number of benzene rings is 2. The molecule has 0 aromatic heterocycles. The molecule has 0 saturated carbocycles. The van der Waals surface area contributed by atoms with E-state index < -0.39 is 0 Å². The fourth-order valence-electron chi connectivity index (χ4n) is 2.76. The van der Waals surface area contributed by atoms with Crippen LogP contribution in [0.5, 0.6) is 17.2 Å². The first-order valence-corrected chi connectivity index (χ1v) is 8.78. The Bertz CT molecular complexity index is 849. The first-order valence-electron chi connectivity index (χ1n) is 7.98. The zero-order chi connectivity index (χ0) is 17.2. The van der Waals surface area contributed by atoms with Crippen molar-refractivity contribution in [1.82, 2.24) is 5.32 Å². The van der Waals surface area contributed by atoms with Crippen LogP contribution in [0.1, 0.15) is 5.56 Å². The Morgan fingerprint density at radius 2 is 1.96 bits per heavy atom. The molecule has 4 rings (SSSR count). The summed E-state index contributed by atoms with van der Waals surface area (Å²) in [5.41, 5.74) is 1.47. The molecule has 1 atom stereocenters. The second-order valence-corrected chi connectivity index (χ2v) is 6.76. The number of amides is 1. The second kappa shape index (κ2) is 6.80. The number of carbonyl (C=O) groups excluding carboxylic acids is 1. The molecule has 0 spiro atoms. The third kappa shape index (κ3) is 3.49. The van der Waals surface area contributed by atoms with E-state index in [2.05, 4.69) is 21.2 Å². The average Bonchev–Trinajstić information content (AvgIpc) is 2.65. The van der Waals surface area contributed by atoms with Crippen molar-refractivity contribution < 1.29 is 19.0 Å². The summed E-state index contributed by atoms with van der Waals surface area (Å²) < 4.78 is 18.1. The van der Waals surface area contributed by atoms with E-state index in [0.717, 1.165) is 21.5 Å². The predicted molar refractivity (Wildman–Crippen MR) is 97.0 cm³/mol. The Balaban J connectivity index is 1.39. The molecule has 0 unspecified atom stereocenters. The molecule has 0 saturated heterocycles. The summed E-state index contributed by atoms with van der Waals surface area (Å²) in [5, 5.41) is 2.89. The fraction of sp³-hybridized carbons (Fsp3) is 0.211. The summed E-state index contributed by atoms with van der Waals surface area (Å²) in [4.78, 5) is 12.4.